The monoisotopic (exact) mass is 431 g/mol. The number of nitrogens with zero attached hydrogens (tertiary/aromatic N) is 3. The van der Waals surface area contributed by atoms with Crippen LogP contribution in [0.4, 0.5) is 0 Å². The first-order valence-corrected chi connectivity index (χ1v) is 11.4. The number of hydrogen-bond donors (Lipinski definition) is 1. The molecule has 1 spiro atoms. The van der Waals surface area contributed by atoms with E-state index in [1.807, 2.05) is 31.2 Å². The number of carbonyl (C=O) groups excluding carboxylic acids is 3. The van der Waals surface area contributed by atoms with Crippen LogP contribution >= 0.6 is 0 Å². The number of carbonyl (C=O) groups is 3. The number of β-amino-alcohol motifs (C(OH)–C–C–N with tert-alkyl or cyclic N) is 1. The third-order valence-electron chi connectivity index (χ3n) is 7.35. The number of rotatable bonds is 6. The van der Waals surface area contributed by atoms with E-state index in [4.69, 9.17) is 4.74 Å². The molecule has 0 aromatic carbocycles. The summed E-state index contributed by atoms with van der Waals surface area (Å²) in [6, 6.07) is -0.880. The van der Waals surface area contributed by atoms with Gasteiger partial charge in [-0.25, -0.2) is 0 Å². The molecule has 0 aliphatic carbocycles. The molecule has 0 saturated carbocycles. The minimum absolute atomic E-state index is 0.0397. The normalized spacial score (nSPS) is 37.1. The molecule has 2 fully saturated rings. The average Bonchev–Trinajstić information content (AvgIpc) is 3.05. The molecule has 4 heterocycles. The minimum atomic E-state index is -1.22. The van der Waals surface area contributed by atoms with Crippen molar-refractivity contribution in [2.45, 2.75) is 50.4 Å². The SMILES string of the molecule is CCCCN1CC=C[C@]23O[C@]4(CC)C=CCN(C)C(=O)[C@@H]4[C@H]2C(=O)N(CCO)C3C1=O. The predicted molar refractivity (Wildman–Crippen MR) is 114 cm³/mol. The fourth-order valence-electron chi connectivity index (χ4n) is 5.83. The maximum Gasteiger partial charge on any atom is 0.249 e. The first kappa shape index (κ1) is 22.0. The number of likely N-dealkylation sites (tertiary alicyclic amines) is 1. The zero-order valence-electron chi connectivity index (χ0n) is 18.6. The molecule has 5 atom stereocenters. The molecule has 4 rings (SSSR count). The van der Waals surface area contributed by atoms with Gasteiger partial charge in [0, 0.05) is 33.2 Å². The Balaban J connectivity index is 1.86. The standard InChI is InChI=1S/C23H33N3O5/c1-4-6-12-25-13-8-10-23-17(20(29)26(14-15-27)18(23)21(25)30)16-19(28)24(3)11-7-9-22(16,5-2)31-23/h7-10,16-18,27H,4-6,11-15H2,1-3H3/t16-,17-,18?,22+,23-/m0/s1. The second kappa shape index (κ2) is 8.06. The molecule has 1 N–H and O–H groups in total. The van der Waals surface area contributed by atoms with E-state index in [9.17, 15) is 19.5 Å². The molecule has 1 unspecified atom stereocenters. The highest BCUT2D eigenvalue weighted by Gasteiger charge is 2.75. The van der Waals surface area contributed by atoms with Gasteiger partial charge in [-0.05, 0) is 12.8 Å². The molecule has 0 bridgehead atoms. The minimum Gasteiger partial charge on any atom is -0.395 e. The molecule has 31 heavy (non-hydrogen) atoms. The van der Waals surface area contributed by atoms with E-state index in [1.54, 1.807) is 16.8 Å². The first-order valence-electron chi connectivity index (χ1n) is 11.4. The van der Waals surface area contributed by atoms with Gasteiger partial charge in [0.15, 0.2) is 0 Å². The largest absolute Gasteiger partial charge is 0.395 e. The number of amides is 3. The van der Waals surface area contributed by atoms with E-state index < -0.39 is 29.1 Å². The van der Waals surface area contributed by atoms with Crippen molar-refractivity contribution in [1.29, 1.82) is 0 Å². The third-order valence-corrected chi connectivity index (χ3v) is 7.35. The maximum atomic E-state index is 13.7. The molecule has 170 valence electrons. The topological polar surface area (TPSA) is 90.4 Å². The van der Waals surface area contributed by atoms with E-state index in [0.29, 0.717) is 26.1 Å². The zero-order valence-corrected chi connectivity index (χ0v) is 18.6. The van der Waals surface area contributed by atoms with E-state index in [0.717, 1.165) is 12.8 Å². The highest BCUT2D eigenvalue weighted by Crippen LogP contribution is 2.58. The fraction of sp³-hybridized carbons (Fsp3) is 0.696. The van der Waals surface area contributed by atoms with Crippen molar-refractivity contribution in [2.75, 3.05) is 39.8 Å². The number of unbranched alkanes of at least 4 members (excludes halogenated alkanes) is 1. The van der Waals surface area contributed by atoms with Crippen LogP contribution in [0.3, 0.4) is 0 Å². The quantitative estimate of drug-likeness (QED) is 0.621. The Morgan fingerprint density at radius 1 is 1.03 bits per heavy atom. The van der Waals surface area contributed by atoms with Gasteiger partial charge < -0.3 is 24.5 Å². The number of likely N-dealkylation sites (N-methyl/N-ethyl adjacent to an activating group) is 1. The van der Waals surface area contributed by atoms with Crippen molar-refractivity contribution < 1.29 is 24.2 Å². The van der Waals surface area contributed by atoms with Gasteiger partial charge in [0.05, 0.1) is 24.0 Å². The molecule has 4 aliphatic heterocycles. The van der Waals surface area contributed by atoms with E-state index >= 15 is 0 Å². The summed E-state index contributed by atoms with van der Waals surface area (Å²) in [5.41, 5.74) is -2.15. The van der Waals surface area contributed by atoms with Crippen molar-refractivity contribution in [3.05, 3.63) is 24.3 Å². The predicted octanol–water partition coefficient (Wildman–Crippen LogP) is 0.566. The molecule has 8 heteroatoms. The van der Waals surface area contributed by atoms with Crippen LogP contribution < -0.4 is 0 Å². The van der Waals surface area contributed by atoms with Gasteiger partial charge in [0.2, 0.25) is 17.7 Å². The highest BCUT2D eigenvalue weighted by atomic mass is 16.5. The van der Waals surface area contributed by atoms with Crippen LogP contribution in [0.15, 0.2) is 24.3 Å². The lowest BCUT2D eigenvalue weighted by atomic mass is 9.73. The summed E-state index contributed by atoms with van der Waals surface area (Å²) in [5.74, 6) is -2.10. The summed E-state index contributed by atoms with van der Waals surface area (Å²) in [4.78, 5) is 45.7. The lowest BCUT2D eigenvalue weighted by molar-refractivity contribution is -0.154. The zero-order chi connectivity index (χ0) is 22.4. The van der Waals surface area contributed by atoms with E-state index in [1.165, 1.54) is 4.90 Å². The van der Waals surface area contributed by atoms with Crippen molar-refractivity contribution in [2.24, 2.45) is 11.8 Å². The summed E-state index contributed by atoms with van der Waals surface area (Å²) in [5, 5.41) is 9.66. The average molecular weight is 432 g/mol. The lowest BCUT2D eigenvalue weighted by Crippen LogP contribution is -2.56. The van der Waals surface area contributed by atoms with Crippen LogP contribution in [-0.2, 0) is 19.1 Å². The van der Waals surface area contributed by atoms with Gasteiger partial charge in [-0.15, -0.1) is 0 Å². The van der Waals surface area contributed by atoms with Crippen molar-refractivity contribution in [3.63, 3.8) is 0 Å². The molecule has 0 aromatic rings. The van der Waals surface area contributed by atoms with Gasteiger partial charge in [-0.1, -0.05) is 44.6 Å². The number of fused-ring (bicyclic) bond motifs is 2. The Kier molecular flexibility index (Phi) is 5.72. The summed E-state index contributed by atoms with van der Waals surface area (Å²) < 4.78 is 6.75. The molecular formula is C23H33N3O5. The van der Waals surface area contributed by atoms with Crippen molar-refractivity contribution in [1.82, 2.24) is 14.7 Å². The third kappa shape index (κ3) is 3.06. The summed E-state index contributed by atoms with van der Waals surface area (Å²) in [6.45, 7) is 5.31. The second-order valence-electron chi connectivity index (χ2n) is 9.04. The Hall–Kier alpha value is -2.19. The summed E-state index contributed by atoms with van der Waals surface area (Å²) in [7, 11) is 1.73. The Bertz CT molecular complexity index is 826. The maximum absolute atomic E-state index is 13.7. The van der Waals surface area contributed by atoms with Gasteiger partial charge in [-0.3, -0.25) is 14.4 Å². The van der Waals surface area contributed by atoms with Crippen LogP contribution in [0, 0.1) is 11.8 Å². The van der Waals surface area contributed by atoms with Crippen LogP contribution in [0.1, 0.15) is 33.1 Å². The van der Waals surface area contributed by atoms with Crippen LogP contribution in [0.2, 0.25) is 0 Å². The number of aliphatic hydroxyl groups excluding tert-OH is 1. The van der Waals surface area contributed by atoms with Crippen LogP contribution in [0.5, 0.6) is 0 Å². The highest BCUT2D eigenvalue weighted by molar-refractivity contribution is 6.00. The molecule has 8 nitrogen and oxygen atoms in total. The van der Waals surface area contributed by atoms with Gasteiger partial charge >= 0.3 is 0 Å². The fourth-order valence-corrected chi connectivity index (χ4v) is 5.83. The molecule has 4 aliphatic rings. The van der Waals surface area contributed by atoms with E-state index in [2.05, 4.69) is 6.92 Å². The molecule has 2 saturated heterocycles. The van der Waals surface area contributed by atoms with Crippen molar-refractivity contribution >= 4 is 17.7 Å². The smallest absolute Gasteiger partial charge is 0.249 e. The van der Waals surface area contributed by atoms with Gasteiger partial charge in [0.25, 0.3) is 0 Å². The Labute approximate surface area is 183 Å². The molecule has 0 radical (unpaired) electrons. The summed E-state index contributed by atoms with van der Waals surface area (Å²) in [6.07, 6.45) is 9.94. The Morgan fingerprint density at radius 2 is 1.77 bits per heavy atom. The molecular weight excluding hydrogens is 398 g/mol. The Morgan fingerprint density at radius 3 is 2.45 bits per heavy atom. The van der Waals surface area contributed by atoms with Crippen LogP contribution in [-0.4, -0.2) is 94.6 Å². The first-order chi connectivity index (χ1) is 14.9. The molecule has 3 amide bonds. The van der Waals surface area contributed by atoms with Crippen LogP contribution in [0.25, 0.3) is 0 Å². The van der Waals surface area contributed by atoms with Gasteiger partial charge in [0.1, 0.15) is 11.6 Å². The van der Waals surface area contributed by atoms with E-state index in [-0.39, 0.29) is 30.9 Å². The molecule has 0 aromatic heterocycles. The van der Waals surface area contributed by atoms with Gasteiger partial charge in [-0.2, -0.15) is 0 Å². The second-order valence-corrected chi connectivity index (χ2v) is 9.04. The lowest BCUT2D eigenvalue weighted by Gasteiger charge is -2.38. The number of ether oxygens (including phenoxy) is 1. The summed E-state index contributed by atoms with van der Waals surface area (Å²) >= 11 is 0. The van der Waals surface area contributed by atoms with Crippen molar-refractivity contribution in [3.8, 4) is 0 Å². The number of aliphatic hydroxyl groups is 1. The number of hydrogen-bond acceptors (Lipinski definition) is 5.